The van der Waals surface area contributed by atoms with Crippen LogP contribution in [0.4, 0.5) is 0 Å². The van der Waals surface area contributed by atoms with Gasteiger partial charge in [-0.1, -0.05) is 12.1 Å². The highest BCUT2D eigenvalue weighted by Gasteiger charge is 2.06. The number of benzene rings is 1. The van der Waals surface area contributed by atoms with Crippen LogP contribution < -0.4 is 0 Å². The van der Waals surface area contributed by atoms with Gasteiger partial charge in [-0.25, -0.2) is 4.79 Å². The van der Waals surface area contributed by atoms with Gasteiger partial charge in [0.05, 0.1) is 12.1 Å². The van der Waals surface area contributed by atoms with Gasteiger partial charge in [-0.2, -0.15) is 4.80 Å². The summed E-state index contributed by atoms with van der Waals surface area (Å²) in [5.74, 6) is -0.449. The minimum Gasteiger partial charge on any atom is -0.478 e. The molecule has 0 atom stereocenters. The Balaban J connectivity index is 2.30. The van der Waals surface area contributed by atoms with Crippen molar-refractivity contribution in [1.29, 1.82) is 0 Å². The van der Waals surface area contributed by atoms with E-state index >= 15 is 0 Å². The summed E-state index contributed by atoms with van der Waals surface area (Å²) in [5, 5.41) is 20.6. The van der Waals surface area contributed by atoms with Crippen LogP contribution >= 0.6 is 0 Å². The first kappa shape index (κ1) is 10.3. The molecule has 0 unspecified atom stereocenters. The number of rotatable bonds is 3. The van der Waals surface area contributed by atoms with Crippen LogP contribution in [0.2, 0.25) is 0 Å². The third kappa shape index (κ3) is 1.90. The van der Waals surface area contributed by atoms with Gasteiger partial charge >= 0.3 is 5.97 Å². The number of tetrazole rings is 1. The number of aryl methyl sites for hydroxylation is 1. The Morgan fingerprint density at radius 2 is 2.06 bits per heavy atom. The van der Waals surface area contributed by atoms with E-state index in [0.29, 0.717) is 12.4 Å². The second kappa shape index (κ2) is 4.09. The Bertz CT molecular complexity index is 504. The van der Waals surface area contributed by atoms with Crippen LogP contribution in [0.5, 0.6) is 0 Å². The number of aromatic nitrogens is 4. The standard InChI is InChI=1S/C10H10N4O2/c1-2-14-12-9(11-13-14)7-3-5-8(6-4-7)10(15)16/h3-6H,2H2,1H3,(H,15,16). The Kier molecular flexibility index (Phi) is 2.63. The summed E-state index contributed by atoms with van der Waals surface area (Å²) in [7, 11) is 0. The van der Waals surface area contributed by atoms with E-state index in [9.17, 15) is 4.79 Å². The normalized spacial score (nSPS) is 10.3. The molecule has 0 amide bonds. The summed E-state index contributed by atoms with van der Waals surface area (Å²) in [6.07, 6.45) is 0. The SMILES string of the molecule is CCn1nnc(-c2ccc(C(=O)O)cc2)n1. The molecule has 0 aliphatic carbocycles. The van der Waals surface area contributed by atoms with Crippen LogP contribution in [0.15, 0.2) is 24.3 Å². The molecule has 6 nitrogen and oxygen atoms in total. The van der Waals surface area contributed by atoms with E-state index in [0.717, 1.165) is 5.56 Å². The summed E-state index contributed by atoms with van der Waals surface area (Å²) in [6, 6.07) is 6.37. The lowest BCUT2D eigenvalue weighted by Gasteiger charge is -1.96. The minimum atomic E-state index is -0.947. The first-order valence-corrected chi connectivity index (χ1v) is 4.82. The minimum absolute atomic E-state index is 0.242. The van der Waals surface area contributed by atoms with Gasteiger partial charge in [0, 0.05) is 5.56 Å². The maximum Gasteiger partial charge on any atom is 0.335 e. The number of carbonyl (C=O) groups is 1. The van der Waals surface area contributed by atoms with Gasteiger partial charge < -0.3 is 5.11 Å². The first-order chi connectivity index (χ1) is 7.70. The summed E-state index contributed by atoms with van der Waals surface area (Å²) < 4.78 is 0. The second-order valence-electron chi connectivity index (χ2n) is 3.18. The molecule has 0 saturated carbocycles. The van der Waals surface area contributed by atoms with Gasteiger partial charge in [-0.15, -0.1) is 10.2 Å². The van der Waals surface area contributed by atoms with Gasteiger partial charge in [0.15, 0.2) is 0 Å². The maximum absolute atomic E-state index is 10.7. The Morgan fingerprint density at radius 1 is 1.38 bits per heavy atom. The molecule has 0 radical (unpaired) electrons. The molecule has 1 aromatic carbocycles. The molecule has 1 aromatic heterocycles. The molecule has 82 valence electrons. The van der Waals surface area contributed by atoms with Crippen LogP contribution in [-0.4, -0.2) is 31.3 Å². The summed E-state index contributed by atoms with van der Waals surface area (Å²) in [5.41, 5.74) is 0.997. The van der Waals surface area contributed by atoms with Gasteiger partial charge in [0.2, 0.25) is 5.82 Å². The molecule has 2 rings (SSSR count). The van der Waals surface area contributed by atoms with Crippen LogP contribution in [0, 0.1) is 0 Å². The molecule has 6 heteroatoms. The van der Waals surface area contributed by atoms with E-state index in [1.807, 2.05) is 6.92 Å². The molecule has 0 fully saturated rings. The lowest BCUT2D eigenvalue weighted by atomic mass is 10.1. The average molecular weight is 218 g/mol. The van der Waals surface area contributed by atoms with Gasteiger partial charge in [0.1, 0.15) is 0 Å². The lowest BCUT2D eigenvalue weighted by Crippen LogP contribution is -1.98. The van der Waals surface area contributed by atoms with E-state index < -0.39 is 5.97 Å². The molecular weight excluding hydrogens is 208 g/mol. The van der Waals surface area contributed by atoms with Crippen LogP contribution in [0.3, 0.4) is 0 Å². The monoisotopic (exact) mass is 218 g/mol. The quantitative estimate of drug-likeness (QED) is 0.833. The third-order valence-corrected chi connectivity index (χ3v) is 2.13. The van der Waals surface area contributed by atoms with E-state index in [4.69, 9.17) is 5.11 Å². The van der Waals surface area contributed by atoms with Crippen molar-refractivity contribution in [2.45, 2.75) is 13.5 Å². The van der Waals surface area contributed by atoms with Crippen LogP contribution in [-0.2, 0) is 6.54 Å². The van der Waals surface area contributed by atoms with Crippen LogP contribution in [0.25, 0.3) is 11.4 Å². The predicted octanol–water partition coefficient (Wildman–Crippen LogP) is 1.06. The molecular formula is C10H10N4O2. The summed E-state index contributed by atoms with van der Waals surface area (Å²) >= 11 is 0. The largest absolute Gasteiger partial charge is 0.478 e. The fourth-order valence-electron chi connectivity index (χ4n) is 1.25. The van der Waals surface area contributed by atoms with Crippen molar-refractivity contribution >= 4 is 5.97 Å². The van der Waals surface area contributed by atoms with E-state index in [2.05, 4.69) is 15.4 Å². The van der Waals surface area contributed by atoms with E-state index in [1.54, 1.807) is 12.1 Å². The van der Waals surface area contributed by atoms with Crippen molar-refractivity contribution in [2.24, 2.45) is 0 Å². The first-order valence-electron chi connectivity index (χ1n) is 4.82. The zero-order valence-corrected chi connectivity index (χ0v) is 8.66. The van der Waals surface area contributed by atoms with Crippen molar-refractivity contribution in [3.05, 3.63) is 29.8 Å². The Labute approximate surface area is 91.5 Å². The molecule has 16 heavy (non-hydrogen) atoms. The number of nitrogens with zero attached hydrogens (tertiary/aromatic N) is 4. The molecule has 0 aliphatic heterocycles. The van der Waals surface area contributed by atoms with Crippen molar-refractivity contribution in [3.8, 4) is 11.4 Å². The fourth-order valence-corrected chi connectivity index (χ4v) is 1.25. The maximum atomic E-state index is 10.7. The summed E-state index contributed by atoms with van der Waals surface area (Å²) in [6.45, 7) is 2.57. The molecule has 1 heterocycles. The molecule has 0 aliphatic rings. The number of aromatic carboxylic acids is 1. The predicted molar refractivity (Wildman–Crippen MR) is 55.9 cm³/mol. The number of hydrogen-bond acceptors (Lipinski definition) is 4. The molecule has 0 saturated heterocycles. The van der Waals surface area contributed by atoms with Crippen molar-refractivity contribution < 1.29 is 9.90 Å². The number of carboxylic acid groups (broad SMARTS) is 1. The van der Waals surface area contributed by atoms with Crippen LogP contribution in [0.1, 0.15) is 17.3 Å². The highest BCUT2D eigenvalue weighted by atomic mass is 16.4. The Hall–Kier alpha value is -2.24. The smallest absolute Gasteiger partial charge is 0.335 e. The molecule has 2 aromatic rings. The number of hydrogen-bond donors (Lipinski definition) is 1. The lowest BCUT2D eigenvalue weighted by molar-refractivity contribution is 0.0697. The summed E-state index contributed by atoms with van der Waals surface area (Å²) in [4.78, 5) is 12.1. The van der Waals surface area contributed by atoms with E-state index in [1.165, 1.54) is 16.9 Å². The molecule has 0 bridgehead atoms. The highest BCUT2D eigenvalue weighted by Crippen LogP contribution is 2.14. The second-order valence-corrected chi connectivity index (χ2v) is 3.18. The average Bonchev–Trinajstić information content (AvgIpc) is 2.77. The van der Waals surface area contributed by atoms with Gasteiger partial charge in [-0.05, 0) is 24.3 Å². The van der Waals surface area contributed by atoms with Gasteiger partial charge in [-0.3, -0.25) is 0 Å². The number of carboxylic acids is 1. The third-order valence-electron chi connectivity index (χ3n) is 2.13. The zero-order chi connectivity index (χ0) is 11.5. The highest BCUT2D eigenvalue weighted by molar-refractivity contribution is 5.88. The fraction of sp³-hybridized carbons (Fsp3) is 0.200. The topological polar surface area (TPSA) is 80.9 Å². The van der Waals surface area contributed by atoms with Crippen molar-refractivity contribution in [1.82, 2.24) is 20.2 Å². The van der Waals surface area contributed by atoms with E-state index in [-0.39, 0.29) is 5.56 Å². The van der Waals surface area contributed by atoms with Crippen molar-refractivity contribution in [3.63, 3.8) is 0 Å². The molecule has 1 N–H and O–H groups in total. The molecule has 0 spiro atoms. The Morgan fingerprint density at radius 3 is 2.56 bits per heavy atom. The zero-order valence-electron chi connectivity index (χ0n) is 8.66. The van der Waals surface area contributed by atoms with Crippen molar-refractivity contribution in [2.75, 3.05) is 0 Å². The van der Waals surface area contributed by atoms with Gasteiger partial charge in [0.25, 0.3) is 0 Å².